The molecule has 0 saturated heterocycles. The monoisotopic (exact) mass is 250 g/mol. The van der Waals surface area contributed by atoms with Gasteiger partial charge in [-0.15, -0.1) is 0 Å². The fraction of sp³-hybridized carbons (Fsp3) is 0.308. The lowest BCUT2D eigenvalue weighted by atomic mass is 10.1. The van der Waals surface area contributed by atoms with Crippen LogP contribution in [0.15, 0.2) is 18.2 Å². The third-order valence-corrected chi connectivity index (χ3v) is 2.71. The van der Waals surface area contributed by atoms with Crippen molar-refractivity contribution in [1.82, 2.24) is 9.97 Å². The Hall–Kier alpha value is -1.88. The third-order valence-electron chi connectivity index (χ3n) is 2.71. The Kier molecular flexibility index (Phi) is 3.62. The van der Waals surface area contributed by atoms with Crippen molar-refractivity contribution in [3.05, 3.63) is 35.5 Å². The molecule has 96 valence electrons. The summed E-state index contributed by atoms with van der Waals surface area (Å²) in [6.45, 7) is 1.90. The van der Waals surface area contributed by atoms with Crippen molar-refractivity contribution in [2.45, 2.75) is 13.3 Å². The maximum absolute atomic E-state index is 13.6. The van der Waals surface area contributed by atoms with Crippen LogP contribution in [0.5, 0.6) is 5.75 Å². The first-order valence-electron chi connectivity index (χ1n) is 5.66. The van der Waals surface area contributed by atoms with E-state index in [1.165, 1.54) is 13.2 Å². The molecule has 1 heterocycles. The van der Waals surface area contributed by atoms with Crippen molar-refractivity contribution in [3.63, 3.8) is 0 Å². The quantitative estimate of drug-likeness (QED) is 0.873. The van der Waals surface area contributed by atoms with Gasteiger partial charge in [-0.05, 0) is 25.1 Å². The predicted octanol–water partition coefficient (Wildman–Crippen LogP) is 2.07. The van der Waals surface area contributed by atoms with Gasteiger partial charge in [-0.1, -0.05) is 0 Å². The van der Waals surface area contributed by atoms with Crippen LogP contribution in [0.25, 0.3) is 11.3 Å². The zero-order valence-electron chi connectivity index (χ0n) is 10.3. The minimum Gasteiger partial charge on any atom is -0.494 e. The molecule has 18 heavy (non-hydrogen) atoms. The molecule has 4 nitrogen and oxygen atoms in total. The second-order valence-corrected chi connectivity index (χ2v) is 3.98. The first kappa shape index (κ1) is 12.6. The summed E-state index contributed by atoms with van der Waals surface area (Å²) in [5, 5.41) is 8.87. The summed E-state index contributed by atoms with van der Waals surface area (Å²) in [4.78, 5) is 7.41. The summed E-state index contributed by atoms with van der Waals surface area (Å²) < 4.78 is 18.5. The molecule has 0 radical (unpaired) electrons. The number of hydrogen-bond acceptors (Lipinski definition) is 3. The van der Waals surface area contributed by atoms with E-state index in [9.17, 15) is 4.39 Å². The number of nitrogens with one attached hydrogen (secondary N) is 1. The normalized spacial score (nSPS) is 10.7. The summed E-state index contributed by atoms with van der Waals surface area (Å²) in [6.07, 6.45) is 0.458. The zero-order valence-corrected chi connectivity index (χ0v) is 10.3. The van der Waals surface area contributed by atoms with Crippen molar-refractivity contribution in [2.24, 2.45) is 0 Å². The van der Waals surface area contributed by atoms with Crippen LogP contribution in [0.1, 0.15) is 11.5 Å². The average Bonchev–Trinajstić information content (AvgIpc) is 2.71. The second-order valence-electron chi connectivity index (χ2n) is 3.98. The van der Waals surface area contributed by atoms with Gasteiger partial charge in [0.05, 0.1) is 19.4 Å². The van der Waals surface area contributed by atoms with Crippen molar-refractivity contribution >= 4 is 0 Å². The van der Waals surface area contributed by atoms with Gasteiger partial charge in [0.1, 0.15) is 5.82 Å². The molecule has 0 aliphatic carbocycles. The summed E-state index contributed by atoms with van der Waals surface area (Å²) in [6, 6.07) is 4.73. The molecule has 2 rings (SSSR count). The molecule has 0 fully saturated rings. The molecule has 0 atom stereocenters. The summed E-state index contributed by atoms with van der Waals surface area (Å²) >= 11 is 0. The number of aliphatic hydroxyl groups is 1. The lowest BCUT2D eigenvalue weighted by Crippen LogP contribution is -1.92. The highest BCUT2D eigenvalue weighted by Crippen LogP contribution is 2.26. The number of methoxy groups -OCH3 is 1. The average molecular weight is 250 g/mol. The van der Waals surface area contributed by atoms with Gasteiger partial charge in [-0.3, -0.25) is 0 Å². The summed E-state index contributed by atoms with van der Waals surface area (Å²) in [5.74, 6) is 0.491. The molecule has 2 aromatic rings. The Balaban J connectivity index is 2.39. The predicted molar refractivity (Wildman–Crippen MR) is 66.1 cm³/mol. The molecule has 1 aromatic carbocycles. The Bertz CT molecular complexity index is 552. The Morgan fingerprint density at radius 3 is 2.83 bits per heavy atom. The number of imidazole rings is 1. The number of rotatable bonds is 4. The molecule has 0 unspecified atom stereocenters. The topological polar surface area (TPSA) is 58.1 Å². The van der Waals surface area contributed by atoms with Crippen molar-refractivity contribution in [2.75, 3.05) is 13.7 Å². The van der Waals surface area contributed by atoms with Crippen LogP contribution in [-0.2, 0) is 6.42 Å². The number of aromatic amines is 1. The van der Waals surface area contributed by atoms with Gasteiger partial charge in [0.15, 0.2) is 11.6 Å². The largest absolute Gasteiger partial charge is 0.494 e. The van der Waals surface area contributed by atoms with E-state index in [0.29, 0.717) is 23.5 Å². The molecule has 0 aliphatic rings. The van der Waals surface area contributed by atoms with Gasteiger partial charge in [0, 0.05) is 17.7 Å². The van der Waals surface area contributed by atoms with E-state index in [0.717, 1.165) is 5.69 Å². The van der Waals surface area contributed by atoms with Gasteiger partial charge in [-0.2, -0.15) is 0 Å². The molecule has 0 aliphatic heterocycles. The molecular formula is C13H15FN2O2. The number of nitrogens with zero attached hydrogens (tertiary/aromatic N) is 1. The van der Waals surface area contributed by atoms with E-state index < -0.39 is 5.82 Å². The second kappa shape index (κ2) is 5.18. The highest BCUT2D eigenvalue weighted by atomic mass is 19.1. The van der Waals surface area contributed by atoms with E-state index in [4.69, 9.17) is 9.84 Å². The van der Waals surface area contributed by atoms with Gasteiger partial charge >= 0.3 is 0 Å². The van der Waals surface area contributed by atoms with Crippen LogP contribution in [0, 0.1) is 12.7 Å². The Morgan fingerprint density at radius 2 is 2.22 bits per heavy atom. The minimum atomic E-state index is -0.416. The number of aryl methyl sites for hydroxylation is 1. The van der Waals surface area contributed by atoms with Crippen LogP contribution < -0.4 is 4.74 Å². The Morgan fingerprint density at radius 1 is 1.44 bits per heavy atom. The fourth-order valence-electron chi connectivity index (χ4n) is 1.84. The molecule has 0 amide bonds. The number of aliphatic hydroxyl groups excluding tert-OH is 1. The van der Waals surface area contributed by atoms with Crippen LogP contribution in [0.4, 0.5) is 4.39 Å². The van der Waals surface area contributed by atoms with Gasteiger partial charge < -0.3 is 14.8 Å². The van der Waals surface area contributed by atoms with Crippen LogP contribution in [0.2, 0.25) is 0 Å². The number of H-pyrrole nitrogens is 1. The summed E-state index contributed by atoms with van der Waals surface area (Å²) in [7, 11) is 1.43. The molecule has 5 heteroatoms. The number of hydrogen-bond donors (Lipinski definition) is 2. The summed E-state index contributed by atoms with van der Waals surface area (Å²) in [5.41, 5.74) is 2.23. The van der Waals surface area contributed by atoms with E-state index in [1.54, 1.807) is 12.1 Å². The van der Waals surface area contributed by atoms with Crippen molar-refractivity contribution < 1.29 is 14.2 Å². The highest BCUT2D eigenvalue weighted by molar-refractivity contribution is 5.63. The zero-order chi connectivity index (χ0) is 13.1. The molecule has 1 aromatic heterocycles. The third kappa shape index (κ3) is 2.36. The molecular weight excluding hydrogens is 235 g/mol. The lowest BCUT2D eigenvalue weighted by molar-refractivity contribution is 0.297. The van der Waals surface area contributed by atoms with Gasteiger partial charge in [0.25, 0.3) is 0 Å². The first-order valence-corrected chi connectivity index (χ1v) is 5.66. The van der Waals surface area contributed by atoms with Crippen LogP contribution in [0.3, 0.4) is 0 Å². The minimum absolute atomic E-state index is 0.0311. The molecule has 0 bridgehead atoms. The number of aromatic nitrogens is 2. The number of ether oxygens (including phenoxy) is 1. The van der Waals surface area contributed by atoms with E-state index in [-0.39, 0.29) is 12.4 Å². The smallest absolute Gasteiger partial charge is 0.165 e. The van der Waals surface area contributed by atoms with Crippen molar-refractivity contribution in [3.8, 4) is 17.0 Å². The number of benzene rings is 1. The van der Waals surface area contributed by atoms with Crippen LogP contribution in [-0.4, -0.2) is 28.8 Å². The van der Waals surface area contributed by atoms with Crippen molar-refractivity contribution in [1.29, 1.82) is 0 Å². The van der Waals surface area contributed by atoms with Gasteiger partial charge in [0.2, 0.25) is 0 Å². The van der Waals surface area contributed by atoms with E-state index in [2.05, 4.69) is 9.97 Å². The fourth-order valence-corrected chi connectivity index (χ4v) is 1.84. The standard InChI is InChI=1S/C13H15FN2O2/c1-8-13(16-12(15-8)5-6-17)9-3-4-11(18-2)10(14)7-9/h3-4,7,17H,5-6H2,1-2H3,(H,15,16). The van der Waals surface area contributed by atoms with Gasteiger partial charge in [-0.25, -0.2) is 9.37 Å². The maximum atomic E-state index is 13.6. The number of halogens is 1. The van der Waals surface area contributed by atoms with Crippen LogP contribution >= 0.6 is 0 Å². The maximum Gasteiger partial charge on any atom is 0.165 e. The molecule has 0 saturated carbocycles. The SMILES string of the molecule is COc1ccc(-c2nc(CCO)[nH]c2C)cc1F. The highest BCUT2D eigenvalue weighted by Gasteiger charge is 2.11. The molecule has 2 N–H and O–H groups in total. The molecule has 0 spiro atoms. The van der Waals surface area contributed by atoms with E-state index in [1.807, 2.05) is 6.92 Å². The van der Waals surface area contributed by atoms with E-state index >= 15 is 0 Å². The first-order chi connectivity index (χ1) is 8.65. The lowest BCUT2D eigenvalue weighted by Gasteiger charge is -2.03. The Labute approximate surface area is 104 Å².